The van der Waals surface area contributed by atoms with Crippen molar-refractivity contribution in [1.29, 1.82) is 0 Å². The van der Waals surface area contributed by atoms with E-state index in [4.69, 9.17) is 0 Å². The molecular formula is C12H13N3OS. The standard InChI is InChI=1S/C12H13N3OS/c1-8-6-4-5-7-10(8)11-13-14-12(17-11)15(3)9(2)16/h4-7H,1-3H3. The van der Waals surface area contributed by atoms with Crippen LogP contribution in [0.1, 0.15) is 12.5 Å². The molecule has 0 aliphatic rings. The molecular weight excluding hydrogens is 234 g/mol. The number of benzene rings is 1. The first kappa shape index (κ1) is 11.7. The topological polar surface area (TPSA) is 46.1 Å². The molecule has 1 aromatic heterocycles. The smallest absolute Gasteiger partial charge is 0.225 e. The third kappa shape index (κ3) is 2.34. The van der Waals surface area contributed by atoms with Crippen LogP contribution in [-0.4, -0.2) is 23.2 Å². The van der Waals surface area contributed by atoms with Crippen LogP contribution >= 0.6 is 11.3 Å². The van der Waals surface area contributed by atoms with Crippen molar-refractivity contribution >= 4 is 22.4 Å². The van der Waals surface area contributed by atoms with Crippen molar-refractivity contribution in [3.05, 3.63) is 29.8 Å². The minimum absolute atomic E-state index is 0.0440. The third-order valence-corrected chi connectivity index (χ3v) is 3.58. The molecule has 2 aromatic rings. The van der Waals surface area contributed by atoms with E-state index < -0.39 is 0 Å². The van der Waals surface area contributed by atoms with Crippen LogP contribution in [0.4, 0.5) is 5.13 Å². The lowest BCUT2D eigenvalue weighted by atomic mass is 10.1. The molecule has 0 fully saturated rings. The predicted octanol–water partition coefficient (Wildman–Crippen LogP) is 2.50. The summed E-state index contributed by atoms with van der Waals surface area (Å²) >= 11 is 1.42. The summed E-state index contributed by atoms with van der Waals surface area (Å²) in [5.74, 6) is -0.0440. The zero-order chi connectivity index (χ0) is 12.4. The SMILES string of the molecule is CC(=O)N(C)c1nnc(-c2ccccc2C)s1. The van der Waals surface area contributed by atoms with Gasteiger partial charge in [0.2, 0.25) is 11.0 Å². The highest BCUT2D eigenvalue weighted by Crippen LogP contribution is 2.29. The van der Waals surface area contributed by atoms with Crippen LogP contribution in [-0.2, 0) is 4.79 Å². The Morgan fingerprint density at radius 3 is 2.65 bits per heavy atom. The molecule has 0 radical (unpaired) electrons. The van der Waals surface area contributed by atoms with Gasteiger partial charge in [-0.05, 0) is 12.5 Å². The Morgan fingerprint density at radius 1 is 1.29 bits per heavy atom. The van der Waals surface area contributed by atoms with Crippen LogP contribution in [0.3, 0.4) is 0 Å². The van der Waals surface area contributed by atoms with Gasteiger partial charge in [-0.25, -0.2) is 0 Å². The Kier molecular flexibility index (Phi) is 3.19. The normalized spacial score (nSPS) is 10.3. The van der Waals surface area contributed by atoms with Gasteiger partial charge in [0.1, 0.15) is 5.01 Å². The second-order valence-electron chi connectivity index (χ2n) is 3.78. The lowest BCUT2D eigenvalue weighted by molar-refractivity contribution is -0.116. The molecule has 4 nitrogen and oxygen atoms in total. The lowest BCUT2D eigenvalue weighted by Gasteiger charge is -2.08. The monoisotopic (exact) mass is 247 g/mol. The van der Waals surface area contributed by atoms with Crippen LogP contribution in [0, 0.1) is 6.92 Å². The van der Waals surface area contributed by atoms with E-state index >= 15 is 0 Å². The van der Waals surface area contributed by atoms with Crippen LogP contribution in [0.15, 0.2) is 24.3 Å². The highest BCUT2D eigenvalue weighted by Gasteiger charge is 2.13. The van der Waals surface area contributed by atoms with Gasteiger partial charge in [-0.15, -0.1) is 10.2 Å². The third-order valence-electron chi connectivity index (χ3n) is 2.55. The van der Waals surface area contributed by atoms with E-state index in [9.17, 15) is 4.79 Å². The number of rotatable bonds is 2. The van der Waals surface area contributed by atoms with Gasteiger partial charge in [0.05, 0.1) is 0 Å². The Bertz CT molecular complexity index is 550. The molecule has 0 spiro atoms. The maximum absolute atomic E-state index is 11.2. The molecule has 1 heterocycles. The number of hydrogen-bond acceptors (Lipinski definition) is 4. The van der Waals surface area contributed by atoms with Gasteiger partial charge in [0.25, 0.3) is 0 Å². The molecule has 0 unspecified atom stereocenters. The van der Waals surface area contributed by atoms with E-state index in [-0.39, 0.29) is 5.91 Å². The van der Waals surface area contributed by atoms with Gasteiger partial charge in [-0.1, -0.05) is 35.6 Å². The van der Waals surface area contributed by atoms with E-state index in [1.807, 2.05) is 31.2 Å². The molecule has 17 heavy (non-hydrogen) atoms. The molecule has 0 saturated carbocycles. The average molecular weight is 247 g/mol. The average Bonchev–Trinajstić information content (AvgIpc) is 2.77. The van der Waals surface area contributed by atoms with Crippen LogP contribution in [0.5, 0.6) is 0 Å². The number of anilines is 1. The van der Waals surface area contributed by atoms with Crippen molar-refractivity contribution in [2.75, 3.05) is 11.9 Å². The Labute approximate surface area is 104 Å². The number of aromatic nitrogens is 2. The Hall–Kier alpha value is -1.75. The summed E-state index contributed by atoms with van der Waals surface area (Å²) < 4.78 is 0. The summed E-state index contributed by atoms with van der Waals surface area (Å²) in [4.78, 5) is 12.7. The Balaban J connectivity index is 2.37. The summed E-state index contributed by atoms with van der Waals surface area (Å²) in [5, 5.41) is 9.61. The molecule has 88 valence electrons. The van der Waals surface area contributed by atoms with Gasteiger partial charge in [0.15, 0.2) is 0 Å². The van der Waals surface area contributed by atoms with Crippen molar-refractivity contribution < 1.29 is 4.79 Å². The minimum Gasteiger partial charge on any atom is -0.290 e. The molecule has 0 aliphatic heterocycles. The summed E-state index contributed by atoms with van der Waals surface area (Å²) in [7, 11) is 1.70. The first-order valence-electron chi connectivity index (χ1n) is 5.23. The van der Waals surface area contributed by atoms with Crippen LogP contribution in [0.25, 0.3) is 10.6 Å². The maximum Gasteiger partial charge on any atom is 0.225 e. The van der Waals surface area contributed by atoms with E-state index in [2.05, 4.69) is 10.2 Å². The van der Waals surface area contributed by atoms with Crippen molar-refractivity contribution in [1.82, 2.24) is 10.2 Å². The van der Waals surface area contributed by atoms with E-state index in [1.165, 1.54) is 23.2 Å². The van der Waals surface area contributed by atoms with Crippen molar-refractivity contribution in [3.63, 3.8) is 0 Å². The van der Waals surface area contributed by atoms with Gasteiger partial charge < -0.3 is 0 Å². The number of hydrogen-bond donors (Lipinski definition) is 0. The maximum atomic E-state index is 11.2. The molecule has 1 amide bonds. The van der Waals surface area contributed by atoms with Crippen LogP contribution < -0.4 is 4.90 Å². The molecule has 5 heteroatoms. The molecule has 1 aromatic carbocycles. The van der Waals surface area contributed by atoms with E-state index in [0.717, 1.165) is 16.1 Å². The highest BCUT2D eigenvalue weighted by atomic mass is 32.1. The number of amides is 1. The summed E-state index contributed by atoms with van der Waals surface area (Å²) in [6, 6.07) is 8.00. The summed E-state index contributed by atoms with van der Waals surface area (Å²) in [6.07, 6.45) is 0. The first-order valence-corrected chi connectivity index (χ1v) is 6.05. The summed E-state index contributed by atoms with van der Waals surface area (Å²) in [6.45, 7) is 3.54. The summed E-state index contributed by atoms with van der Waals surface area (Å²) in [5.41, 5.74) is 2.22. The number of carbonyl (C=O) groups is 1. The number of nitrogens with zero attached hydrogens (tertiary/aromatic N) is 3. The van der Waals surface area contributed by atoms with Crippen LogP contribution in [0.2, 0.25) is 0 Å². The van der Waals surface area contributed by atoms with Gasteiger partial charge in [-0.3, -0.25) is 9.69 Å². The van der Waals surface area contributed by atoms with Gasteiger partial charge in [0, 0.05) is 19.5 Å². The predicted molar refractivity (Wildman–Crippen MR) is 69.2 cm³/mol. The van der Waals surface area contributed by atoms with Crippen molar-refractivity contribution in [2.24, 2.45) is 0 Å². The zero-order valence-electron chi connectivity index (χ0n) is 9.97. The number of carbonyl (C=O) groups excluding carboxylic acids is 1. The molecule has 0 saturated heterocycles. The molecule has 0 N–H and O–H groups in total. The first-order chi connectivity index (χ1) is 8.09. The zero-order valence-corrected chi connectivity index (χ0v) is 10.8. The fourth-order valence-electron chi connectivity index (χ4n) is 1.41. The molecule has 2 rings (SSSR count). The second-order valence-corrected chi connectivity index (χ2v) is 4.74. The fraction of sp³-hybridized carbons (Fsp3) is 0.250. The second kappa shape index (κ2) is 4.63. The number of aryl methyl sites for hydroxylation is 1. The van der Waals surface area contributed by atoms with Crippen molar-refractivity contribution in [2.45, 2.75) is 13.8 Å². The highest BCUT2D eigenvalue weighted by molar-refractivity contribution is 7.18. The quantitative estimate of drug-likeness (QED) is 0.819. The fourth-order valence-corrected chi connectivity index (χ4v) is 2.35. The van der Waals surface area contributed by atoms with E-state index in [0.29, 0.717) is 5.13 Å². The van der Waals surface area contributed by atoms with E-state index in [1.54, 1.807) is 7.05 Å². The molecule has 0 atom stereocenters. The van der Waals surface area contributed by atoms with Crippen molar-refractivity contribution in [3.8, 4) is 10.6 Å². The van der Waals surface area contributed by atoms with Gasteiger partial charge >= 0.3 is 0 Å². The Morgan fingerprint density at radius 2 is 2.00 bits per heavy atom. The molecule has 0 aliphatic carbocycles. The molecule has 0 bridgehead atoms. The largest absolute Gasteiger partial charge is 0.290 e. The van der Waals surface area contributed by atoms with Gasteiger partial charge in [-0.2, -0.15) is 0 Å². The minimum atomic E-state index is -0.0440. The lowest BCUT2D eigenvalue weighted by Crippen LogP contribution is -2.22.